The van der Waals surface area contributed by atoms with Crippen molar-refractivity contribution in [3.05, 3.63) is 69.7 Å². The molecular weight excluding hydrogens is 464 g/mol. The van der Waals surface area contributed by atoms with E-state index in [0.29, 0.717) is 16.2 Å². The van der Waals surface area contributed by atoms with Crippen LogP contribution in [0.2, 0.25) is 0 Å². The number of carbonyl (C=O) groups excluding carboxylic acids is 1. The van der Waals surface area contributed by atoms with Crippen LogP contribution in [0.25, 0.3) is 16.7 Å². The molecule has 30 heavy (non-hydrogen) atoms. The molecule has 0 radical (unpaired) electrons. The van der Waals surface area contributed by atoms with Gasteiger partial charge in [0.2, 0.25) is 5.91 Å². The topological polar surface area (TPSA) is 99.5 Å². The molecule has 1 amide bonds. The van der Waals surface area contributed by atoms with E-state index in [0.717, 1.165) is 27.1 Å². The van der Waals surface area contributed by atoms with Crippen molar-refractivity contribution in [1.82, 2.24) is 19.7 Å². The van der Waals surface area contributed by atoms with Crippen molar-refractivity contribution in [2.24, 2.45) is 0 Å². The van der Waals surface area contributed by atoms with Crippen LogP contribution >= 0.6 is 27.7 Å². The molecule has 4 aromatic rings. The fourth-order valence-corrected chi connectivity index (χ4v) is 4.09. The lowest BCUT2D eigenvalue weighted by molar-refractivity contribution is -0.113. The van der Waals surface area contributed by atoms with E-state index in [1.165, 1.54) is 11.8 Å². The first-order chi connectivity index (χ1) is 14.4. The SMILES string of the molecule is Cc1ccc(NC(=O)CSc2nc3n[nH]c(C)c3c(=N)n2-c2ccc(Br)cc2)cc1. The molecule has 4 rings (SSSR count). The van der Waals surface area contributed by atoms with E-state index >= 15 is 0 Å². The van der Waals surface area contributed by atoms with Crippen LogP contribution in [0.3, 0.4) is 0 Å². The van der Waals surface area contributed by atoms with E-state index in [-0.39, 0.29) is 17.1 Å². The molecule has 152 valence electrons. The van der Waals surface area contributed by atoms with Crippen molar-refractivity contribution in [3.63, 3.8) is 0 Å². The summed E-state index contributed by atoms with van der Waals surface area (Å²) >= 11 is 4.71. The second-order valence-corrected chi connectivity index (χ2v) is 8.66. The number of anilines is 1. The number of carbonyl (C=O) groups is 1. The van der Waals surface area contributed by atoms with Gasteiger partial charge >= 0.3 is 0 Å². The Bertz CT molecular complexity index is 1280. The van der Waals surface area contributed by atoms with E-state index < -0.39 is 0 Å². The summed E-state index contributed by atoms with van der Waals surface area (Å²) < 4.78 is 2.68. The lowest BCUT2D eigenvalue weighted by atomic mass is 10.2. The smallest absolute Gasteiger partial charge is 0.234 e. The normalized spacial score (nSPS) is 11.0. The second kappa shape index (κ2) is 8.45. The average Bonchev–Trinajstić information content (AvgIpc) is 3.10. The molecular formula is C21H19BrN6OS. The summed E-state index contributed by atoms with van der Waals surface area (Å²) in [5, 5.41) is 19.9. The van der Waals surface area contributed by atoms with Gasteiger partial charge in [0.05, 0.1) is 11.1 Å². The third-order valence-corrected chi connectivity index (χ3v) is 6.00. The lowest BCUT2D eigenvalue weighted by Gasteiger charge is -2.13. The highest BCUT2D eigenvalue weighted by molar-refractivity contribution is 9.10. The van der Waals surface area contributed by atoms with Gasteiger partial charge in [0.15, 0.2) is 10.8 Å². The van der Waals surface area contributed by atoms with Crippen molar-refractivity contribution in [2.45, 2.75) is 19.0 Å². The van der Waals surface area contributed by atoms with Crippen LogP contribution in [0.5, 0.6) is 0 Å². The van der Waals surface area contributed by atoms with Crippen LogP contribution in [0.4, 0.5) is 5.69 Å². The van der Waals surface area contributed by atoms with Gasteiger partial charge in [0.1, 0.15) is 5.49 Å². The van der Waals surface area contributed by atoms with E-state index in [1.54, 1.807) is 4.57 Å². The van der Waals surface area contributed by atoms with Crippen molar-refractivity contribution >= 4 is 50.3 Å². The highest BCUT2D eigenvalue weighted by Gasteiger charge is 2.16. The maximum atomic E-state index is 12.5. The van der Waals surface area contributed by atoms with Crippen LogP contribution < -0.4 is 10.8 Å². The van der Waals surface area contributed by atoms with Crippen molar-refractivity contribution in [1.29, 1.82) is 5.41 Å². The monoisotopic (exact) mass is 482 g/mol. The molecule has 0 aliphatic heterocycles. The zero-order chi connectivity index (χ0) is 21.3. The number of hydrogen-bond acceptors (Lipinski definition) is 5. The van der Waals surface area contributed by atoms with Gasteiger partial charge in [0.25, 0.3) is 0 Å². The number of halogens is 1. The first-order valence-electron chi connectivity index (χ1n) is 9.20. The van der Waals surface area contributed by atoms with E-state index in [9.17, 15) is 4.79 Å². The maximum absolute atomic E-state index is 12.5. The minimum atomic E-state index is -0.141. The number of rotatable bonds is 5. The molecule has 2 heterocycles. The number of aryl methyl sites for hydroxylation is 2. The fraction of sp³-hybridized carbons (Fsp3) is 0.143. The number of aromatic nitrogens is 4. The Balaban J connectivity index is 1.66. The predicted molar refractivity (Wildman–Crippen MR) is 122 cm³/mol. The quantitative estimate of drug-likeness (QED) is 0.291. The van der Waals surface area contributed by atoms with Gasteiger partial charge in [-0.3, -0.25) is 19.9 Å². The molecule has 0 saturated heterocycles. The van der Waals surface area contributed by atoms with Gasteiger partial charge in [-0.05, 0) is 50.2 Å². The molecule has 9 heteroatoms. The standard InChI is InChI=1S/C21H19BrN6OS/c1-12-3-7-15(8-4-12)24-17(29)11-30-21-25-20-18(13(2)26-27-20)19(23)28(21)16-9-5-14(22)6-10-16/h3-10,23H,11H2,1-2H3,(H,24,29)(H,26,27). The van der Waals surface area contributed by atoms with Crippen molar-refractivity contribution < 1.29 is 4.79 Å². The molecule has 0 spiro atoms. The number of nitrogens with zero attached hydrogens (tertiary/aromatic N) is 3. The largest absolute Gasteiger partial charge is 0.325 e. The Morgan fingerprint density at radius 2 is 1.87 bits per heavy atom. The van der Waals surface area contributed by atoms with Crippen LogP contribution in [-0.4, -0.2) is 31.4 Å². The zero-order valence-corrected chi connectivity index (χ0v) is 18.8. The van der Waals surface area contributed by atoms with Crippen molar-refractivity contribution in [3.8, 4) is 5.69 Å². The Morgan fingerprint density at radius 3 is 2.57 bits per heavy atom. The lowest BCUT2D eigenvalue weighted by Crippen LogP contribution is -2.23. The highest BCUT2D eigenvalue weighted by atomic mass is 79.9. The van der Waals surface area contributed by atoms with Gasteiger partial charge in [-0.15, -0.1) is 0 Å². The molecule has 0 aliphatic rings. The molecule has 0 aliphatic carbocycles. The minimum Gasteiger partial charge on any atom is -0.325 e. The molecule has 7 nitrogen and oxygen atoms in total. The summed E-state index contributed by atoms with van der Waals surface area (Å²) in [6.45, 7) is 3.86. The summed E-state index contributed by atoms with van der Waals surface area (Å²) in [6.07, 6.45) is 0. The van der Waals surface area contributed by atoms with Crippen LogP contribution in [0, 0.1) is 19.3 Å². The van der Waals surface area contributed by atoms with Crippen LogP contribution in [0.15, 0.2) is 58.2 Å². The molecule has 2 aromatic carbocycles. The fourth-order valence-electron chi connectivity index (χ4n) is 3.02. The maximum Gasteiger partial charge on any atom is 0.234 e. The van der Waals surface area contributed by atoms with E-state index in [4.69, 9.17) is 5.41 Å². The summed E-state index contributed by atoms with van der Waals surface area (Å²) in [5.41, 5.74) is 4.19. The number of aromatic amines is 1. The van der Waals surface area contributed by atoms with E-state index in [2.05, 4.69) is 36.4 Å². The average molecular weight is 483 g/mol. The highest BCUT2D eigenvalue weighted by Crippen LogP contribution is 2.23. The number of fused-ring (bicyclic) bond motifs is 1. The molecule has 0 saturated carbocycles. The van der Waals surface area contributed by atoms with Crippen LogP contribution in [0.1, 0.15) is 11.3 Å². The molecule has 0 bridgehead atoms. The molecule has 0 fully saturated rings. The molecule has 3 N–H and O–H groups in total. The Kier molecular flexibility index (Phi) is 5.74. The number of H-pyrrole nitrogens is 1. The third kappa shape index (κ3) is 4.17. The minimum absolute atomic E-state index is 0.141. The first-order valence-corrected chi connectivity index (χ1v) is 11.0. The summed E-state index contributed by atoms with van der Waals surface area (Å²) in [4.78, 5) is 17.1. The van der Waals surface area contributed by atoms with Gasteiger partial charge in [-0.2, -0.15) is 5.10 Å². The predicted octanol–water partition coefficient (Wildman–Crippen LogP) is 4.34. The number of benzene rings is 2. The summed E-state index contributed by atoms with van der Waals surface area (Å²) in [7, 11) is 0. The summed E-state index contributed by atoms with van der Waals surface area (Å²) in [5.74, 6) is 0.0176. The number of nitrogens with one attached hydrogen (secondary N) is 3. The zero-order valence-electron chi connectivity index (χ0n) is 16.4. The van der Waals surface area contributed by atoms with E-state index in [1.807, 2.05) is 62.4 Å². The van der Waals surface area contributed by atoms with Crippen molar-refractivity contribution in [2.75, 3.05) is 11.1 Å². The number of thioether (sulfide) groups is 1. The Labute approximate surface area is 185 Å². The molecule has 0 atom stereocenters. The second-order valence-electron chi connectivity index (χ2n) is 6.80. The molecule has 0 unspecified atom stereocenters. The van der Waals surface area contributed by atoms with Gasteiger partial charge in [-0.25, -0.2) is 4.98 Å². The first kappa shape index (κ1) is 20.4. The Morgan fingerprint density at radius 1 is 1.17 bits per heavy atom. The van der Waals surface area contributed by atoms with Gasteiger partial charge < -0.3 is 5.32 Å². The van der Waals surface area contributed by atoms with Crippen LogP contribution in [-0.2, 0) is 4.79 Å². The van der Waals surface area contributed by atoms with Gasteiger partial charge in [0, 0.05) is 21.5 Å². The molecule has 2 aromatic heterocycles. The number of hydrogen-bond donors (Lipinski definition) is 3. The Hall–Kier alpha value is -2.91. The third-order valence-electron chi connectivity index (χ3n) is 4.53. The summed E-state index contributed by atoms with van der Waals surface area (Å²) in [6, 6.07) is 15.3. The number of amides is 1. The van der Waals surface area contributed by atoms with Gasteiger partial charge in [-0.1, -0.05) is 45.4 Å².